The number of nitro groups is 1. The number of amides is 2. The monoisotopic (exact) mass is 848 g/mol. The van der Waals surface area contributed by atoms with Gasteiger partial charge in [0.2, 0.25) is 11.8 Å². The number of allylic oxidation sites excluding steroid dienone is 1. The normalized spacial score (nSPS) is 21.2. The number of non-ortho nitro benzene ring substituents is 1. The highest BCUT2D eigenvalue weighted by Crippen LogP contribution is 2.51. The molecule has 2 heterocycles. The van der Waals surface area contributed by atoms with Crippen LogP contribution < -0.4 is 15.3 Å². The number of phenolic OH excluding ortho intramolecular Hbond substituents is 1. The minimum Gasteiger partial charge on any atom is -0.507 e. The van der Waals surface area contributed by atoms with E-state index in [1.807, 2.05) is 24.3 Å². The molecule has 1 aliphatic carbocycles. The van der Waals surface area contributed by atoms with Crippen LogP contribution in [0.2, 0.25) is 5.04 Å². The maximum Gasteiger partial charge on any atom is 0.271 e. The second-order valence-corrected chi connectivity index (χ2v) is 21.6. The maximum atomic E-state index is 14.4. The minimum atomic E-state index is -2.98. The van der Waals surface area contributed by atoms with Gasteiger partial charge in [0.15, 0.2) is 0 Å². The van der Waals surface area contributed by atoms with Crippen LogP contribution in [-0.4, -0.2) is 49.5 Å². The first kappa shape index (κ1) is 40.5. The van der Waals surface area contributed by atoms with Crippen molar-refractivity contribution in [3.8, 4) is 5.75 Å². The first-order valence-corrected chi connectivity index (χ1v) is 22.4. The minimum absolute atomic E-state index is 0.183. The number of phenols is 1. The van der Waals surface area contributed by atoms with Crippen LogP contribution in [0.15, 0.2) is 124 Å². The van der Waals surface area contributed by atoms with Gasteiger partial charge in [-0.2, -0.15) is 0 Å². The van der Waals surface area contributed by atoms with Crippen LogP contribution in [0, 0.1) is 27.9 Å². The Kier molecular flexibility index (Phi) is 11.8. The van der Waals surface area contributed by atoms with Gasteiger partial charge in [0, 0.05) is 28.1 Å². The topological polar surface area (TPSA) is 119 Å². The van der Waals surface area contributed by atoms with E-state index in [1.165, 1.54) is 23.8 Å². The Labute approximate surface area is 343 Å². The molecule has 2 saturated heterocycles. The van der Waals surface area contributed by atoms with Crippen molar-refractivity contribution in [2.24, 2.45) is 17.8 Å². The Hall–Kier alpha value is -4.68. The number of anilines is 1. The number of aromatic hydroxyl groups is 1. The molecule has 0 spiro atoms. The lowest BCUT2D eigenvalue weighted by atomic mass is 9.69. The van der Waals surface area contributed by atoms with Crippen LogP contribution in [-0.2, 0) is 18.8 Å². The van der Waals surface area contributed by atoms with Crippen molar-refractivity contribution >= 4 is 63.9 Å². The highest BCUT2D eigenvalue weighted by molar-refractivity contribution is 9.10. The van der Waals surface area contributed by atoms with Crippen LogP contribution in [0.5, 0.6) is 5.75 Å². The Morgan fingerprint density at radius 3 is 2.26 bits per heavy atom. The fraction of sp³-hybridized carbons (Fsp3) is 0.348. The van der Waals surface area contributed by atoms with Crippen LogP contribution >= 0.6 is 15.9 Å². The number of nitrogens with zero attached hydrogens (tertiary/aromatic N) is 2. The third-order valence-corrected chi connectivity index (χ3v) is 17.3. The number of rotatable bonds is 13. The smallest absolute Gasteiger partial charge is 0.271 e. The molecular weight excluding hydrogens is 801 g/mol. The van der Waals surface area contributed by atoms with Gasteiger partial charge < -0.3 is 14.3 Å². The van der Waals surface area contributed by atoms with E-state index in [4.69, 9.17) is 9.16 Å². The highest BCUT2D eigenvalue weighted by atomic mass is 79.9. The lowest BCUT2D eigenvalue weighted by molar-refractivity contribution is -0.384. The summed E-state index contributed by atoms with van der Waals surface area (Å²) in [6.45, 7) is 9.39. The second-order valence-electron chi connectivity index (χ2n) is 16.4. The van der Waals surface area contributed by atoms with Crippen LogP contribution in [0.4, 0.5) is 11.4 Å². The second kappa shape index (κ2) is 16.7. The number of hydrogen-bond donors (Lipinski definition) is 1. The van der Waals surface area contributed by atoms with Gasteiger partial charge in [-0.15, -0.1) is 0 Å². The molecule has 0 aromatic heterocycles. The highest BCUT2D eigenvalue weighted by Gasteiger charge is 2.58. The van der Waals surface area contributed by atoms with Gasteiger partial charge in [0.1, 0.15) is 5.75 Å². The zero-order valence-corrected chi connectivity index (χ0v) is 35.4. The quantitative estimate of drug-likeness (QED) is 0.0469. The first-order chi connectivity index (χ1) is 27.3. The van der Waals surface area contributed by atoms with E-state index in [0.717, 1.165) is 49.3 Å². The van der Waals surface area contributed by atoms with Crippen molar-refractivity contribution < 1.29 is 28.8 Å². The molecule has 2 aliphatic heterocycles. The van der Waals surface area contributed by atoms with Crippen molar-refractivity contribution in [2.75, 3.05) is 18.1 Å². The van der Waals surface area contributed by atoms with Crippen LogP contribution in [0.3, 0.4) is 0 Å². The van der Waals surface area contributed by atoms with Crippen molar-refractivity contribution in [3.05, 3.63) is 140 Å². The summed E-state index contributed by atoms with van der Waals surface area (Å²) in [5.41, 5.74) is 3.98. The molecule has 0 radical (unpaired) electrons. The molecule has 0 unspecified atom stereocenters. The molecule has 0 bridgehead atoms. The molecule has 2 amide bonds. The summed E-state index contributed by atoms with van der Waals surface area (Å²) >= 11 is 3.53. The first-order valence-electron chi connectivity index (χ1n) is 19.7. The van der Waals surface area contributed by atoms with Crippen LogP contribution in [0.25, 0.3) is 6.08 Å². The number of benzene rings is 4. The fourth-order valence-electron chi connectivity index (χ4n) is 9.33. The molecule has 7 rings (SSSR count). The predicted octanol–water partition coefficient (Wildman–Crippen LogP) is 9.12. The van der Waals surface area contributed by atoms with E-state index in [1.54, 1.807) is 12.1 Å². The van der Waals surface area contributed by atoms with E-state index < -0.39 is 25.1 Å². The standard InChI is InChI=1S/C46H49BrN2O7Si/c1-5-13-30(24-31-25-33(47)21-22-40(31)50)20-23-41-42-32(28-56-57(46(2,3)4,36-16-8-6-9-17-36)37-18-10-7-11-19-37)26-38-43(39(42)29-55-41)45(52)48(44(38)51)34-14-12-15-35(27-34)49(53)54/h6-12,14-19,21-22,24-25,27,38-39,41,43,50H,5,13,20,23,26,28-29H2,1-4H3/b30-24+/t38-,39+,41-,43-/m1/s1. The lowest BCUT2D eigenvalue weighted by Gasteiger charge is -2.44. The molecule has 2 fully saturated rings. The van der Waals surface area contributed by atoms with Crippen molar-refractivity contribution in [1.82, 2.24) is 0 Å². The van der Waals surface area contributed by atoms with E-state index in [2.05, 4.69) is 98.2 Å². The average molecular weight is 850 g/mol. The predicted molar refractivity (Wildman–Crippen MR) is 229 cm³/mol. The molecule has 9 nitrogen and oxygen atoms in total. The largest absolute Gasteiger partial charge is 0.507 e. The maximum absolute atomic E-state index is 14.4. The zero-order valence-electron chi connectivity index (χ0n) is 32.8. The Morgan fingerprint density at radius 2 is 1.63 bits per heavy atom. The van der Waals surface area contributed by atoms with Gasteiger partial charge in [-0.25, -0.2) is 4.90 Å². The summed E-state index contributed by atoms with van der Waals surface area (Å²) < 4.78 is 15.0. The molecule has 4 atom stereocenters. The molecule has 4 aromatic rings. The Balaban J connectivity index is 1.29. The molecular formula is C46H49BrN2O7Si. The van der Waals surface area contributed by atoms with Gasteiger partial charge >= 0.3 is 0 Å². The average Bonchev–Trinajstić information content (AvgIpc) is 3.73. The lowest BCUT2D eigenvalue weighted by Crippen LogP contribution is -2.66. The van der Waals surface area contributed by atoms with Gasteiger partial charge in [0.05, 0.1) is 41.8 Å². The number of ether oxygens (including phenoxy) is 1. The Bertz CT molecular complexity index is 2180. The molecule has 3 aliphatic rings. The van der Waals surface area contributed by atoms with Gasteiger partial charge in [-0.1, -0.05) is 128 Å². The number of carbonyl (C=O) groups is 2. The fourth-order valence-corrected chi connectivity index (χ4v) is 14.3. The van der Waals surface area contributed by atoms with Crippen molar-refractivity contribution in [1.29, 1.82) is 0 Å². The summed E-state index contributed by atoms with van der Waals surface area (Å²) in [5, 5.41) is 24.3. The third-order valence-electron chi connectivity index (χ3n) is 11.8. The van der Waals surface area contributed by atoms with Crippen LogP contribution in [0.1, 0.15) is 65.4 Å². The summed E-state index contributed by atoms with van der Waals surface area (Å²) in [7, 11) is -2.98. The number of hydrogen-bond acceptors (Lipinski definition) is 7. The number of halogens is 1. The summed E-state index contributed by atoms with van der Waals surface area (Å²) in [6.07, 6.45) is 5.23. The van der Waals surface area contributed by atoms with Gasteiger partial charge in [-0.3, -0.25) is 19.7 Å². The molecule has 1 N–H and O–H groups in total. The molecule has 296 valence electrons. The Morgan fingerprint density at radius 1 is 0.947 bits per heavy atom. The molecule has 11 heteroatoms. The van der Waals surface area contributed by atoms with Gasteiger partial charge in [-0.05, 0) is 76.5 Å². The summed E-state index contributed by atoms with van der Waals surface area (Å²) in [5.74, 6) is -2.14. The van der Waals surface area contributed by atoms with E-state index in [0.29, 0.717) is 19.3 Å². The summed E-state index contributed by atoms with van der Waals surface area (Å²) in [6, 6.07) is 32.0. The van der Waals surface area contributed by atoms with E-state index in [-0.39, 0.29) is 59.2 Å². The van der Waals surface area contributed by atoms with E-state index >= 15 is 0 Å². The third kappa shape index (κ3) is 7.82. The number of imide groups is 1. The molecule has 4 aromatic carbocycles. The number of carbonyl (C=O) groups excluding carboxylic acids is 2. The van der Waals surface area contributed by atoms with Crippen molar-refractivity contribution in [3.63, 3.8) is 0 Å². The van der Waals surface area contributed by atoms with Gasteiger partial charge in [0.25, 0.3) is 14.0 Å². The SMILES string of the molecule is CCC/C(=C\c1cc(Br)ccc1O)CC[C@H]1OC[C@H]2C1=C(CO[Si](c1ccccc1)(c1ccccc1)C(C)(C)C)C[C@H]1C(=O)N(c3cccc([N+](=O)[O-])c3)C(=O)[C@H]12. The van der Waals surface area contributed by atoms with Crippen molar-refractivity contribution in [2.45, 2.75) is 70.9 Å². The molecule has 57 heavy (non-hydrogen) atoms. The number of nitro benzene ring substituents is 1. The molecule has 0 saturated carbocycles. The number of fused-ring (bicyclic) bond motifs is 3. The summed E-state index contributed by atoms with van der Waals surface area (Å²) in [4.78, 5) is 41.1. The van der Waals surface area contributed by atoms with E-state index in [9.17, 15) is 24.8 Å². The zero-order chi connectivity index (χ0) is 40.5.